The summed E-state index contributed by atoms with van der Waals surface area (Å²) < 4.78 is 2.15. The second-order valence-corrected chi connectivity index (χ2v) is 4.96. The van der Waals surface area contributed by atoms with E-state index in [-0.39, 0.29) is 0 Å². The second kappa shape index (κ2) is 4.75. The molecule has 2 N–H and O–H groups in total. The van der Waals surface area contributed by atoms with Gasteiger partial charge in [-0.25, -0.2) is 0 Å². The van der Waals surface area contributed by atoms with Crippen LogP contribution in [0.3, 0.4) is 0 Å². The minimum atomic E-state index is 0.682. The van der Waals surface area contributed by atoms with E-state index in [1.54, 1.807) is 0 Å². The van der Waals surface area contributed by atoms with Gasteiger partial charge in [0.15, 0.2) is 0 Å². The lowest BCUT2D eigenvalue weighted by atomic mass is 10.1. The van der Waals surface area contributed by atoms with Gasteiger partial charge in [0.25, 0.3) is 0 Å². The molecule has 3 rings (SSSR count). The van der Waals surface area contributed by atoms with Gasteiger partial charge in [-0.2, -0.15) is 5.26 Å². The lowest BCUT2D eigenvalue weighted by molar-refractivity contribution is 0.831. The van der Waals surface area contributed by atoms with E-state index in [1.165, 1.54) is 5.56 Å². The molecule has 0 radical (unpaired) electrons. The van der Waals surface area contributed by atoms with E-state index < -0.39 is 0 Å². The van der Waals surface area contributed by atoms with Crippen LogP contribution >= 0.6 is 0 Å². The average Bonchev–Trinajstić information content (AvgIpc) is 2.86. The van der Waals surface area contributed by atoms with Crippen molar-refractivity contribution in [2.75, 3.05) is 5.73 Å². The normalized spacial score (nSPS) is 10.6. The number of hydrogen-bond acceptors (Lipinski definition) is 2. The van der Waals surface area contributed by atoms with E-state index in [1.807, 2.05) is 37.3 Å². The van der Waals surface area contributed by atoms with E-state index in [0.717, 1.165) is 28.7 Å². The summed E-state index contributed by atoms with van der Waals surface area (Å²) >= 11 is 0. The molecule has 0 aliphatic heterocycles. The lowest BCUT2D eigenvalue weighted by Gasteiger charge is -2.10. The van der Waals surface area contributed by atoms with Gasteiger partial charge in [0.05, 0.1) is 11.6 Å². The highest BCUT2D eigenvalue weighted by Gasteiger charge is 2.06. The molecule has 2 aromatic carbocycles. The number of benzene rings is 2. The molecule has 0 aliphatic carbocycles. The van der Waals surface area contributed by atoms with Crippen molar-refractivity contribution in [2.24, 2.45) is 0 Å². The number of aromatic nitrogens is 1. The second-order valence-electron chi connectivity index (χ2n) is 4.96. The number of rotatable bonds is 2. The molecule has 0 spiro atoms. The smallest absolute Gasteiger partial charge is 0.0992 e. The molecule has 1 heterocycles. The summed E-state index contributed by atoms with van der Waals surface area (Å²) in [5.41, 5.74) is 10.8. The molecule has 0 bridgehead atoms. The maximum Gasteiger partial charge on any atom is 0.0992 e. The summed E-state index contributed by atoms with van der Waals surface area (Å²) in [7, 11) is 0. The Morgan fingerprint density at radius 3 is 2.85 bits per heavy atom. The maximum absolute atomic E-state index is 9.02. The molecular weight excluding hydrogens is 246 g/mol. The number of nitrogen functional groups attached to an aromatic ring is 1. The lowest BCUT2D eigenvalue weighted by Crippen LogP contribution is -2.02. The third-order valence-corrected chi connectivity index (χ3v) is 3.73. The highest BCUT2D eigenvalue weighted by molar-refractivity contribution is 5.81. The predicted molar refractivity (Wildman–Crippen MR) is 81.3 cm³/mol. The molecule has 3 heteroatoms. The predicted octanol–water partition coefficient (Wildman–Crippen LogP) is 3.45. The maximum atomic E-state index is 9.02. The van der Waals surface area contributed by atoms with E-state index in [9.17, 15) is 0 Å². The molecule has 3 aromatic rings. The van der Waals surface area contributed by atoms with E-state index in [0.29, 0.717) is 5.56 Å². The molecule has 0 amide bonds. The standard InChI is InChI=1S/C17H15N3/c1-12-15(3-2-4-16(12)19)11-20-8-7-14-6-5-13(10-18)9-17(14)20/h2-9H,11,19H2,1H3. The summed E-state index contributed by atoms with van der Waals surface area (Å²) in [6.45, 7) is 2.80. The van der Waals surface area contributed by atoms with Crippen molar-refractivity contribution >= 4 is 16.6 Å². The monoisotopic (exact) mass is 261 g/mol. The van der Waals surface area contributed by atoms with Gasteiger partial charge < -0.3 is 10.3 Å². The zero-order valence-electron chi connectivity index (χ0n) is 11.3. The fraction of sp³-hybridized carbons (Fsp3) is 0.118. The molecule has 0 fully saturated rings. The number of nitrogens with two attached hydrogens (primary N) is 1. The molecule has 0 aliphatic rings. The summed E-state index contributed by atoms with van der Waals surface area (Å²) in [6.07, 6.45) is 2.05. The van der Waals surface area contributed by atoms with Gasteiger partial charge in [-0.3, -0.25) is 0 Å². The third-order valence-electron chi connectivity index (χ3n) is 3.73. The van der Waals surface area contributed by atoms with Gasteiger partial charge in [-0.15, -0.1) is 0 Å². The van der Waals surface area contributed by atoms with Crippen molar-refractivity contribution in [1.82, 2.24) is 4.57 Å². The van der Waals surface area contributed by atoms with Crippen LogP contribution in [-0.2, 0) is 6.54 Å². The minimum Gasteiger partial charge on any atom is -0.399 e. The van der Waals surface area contributed by atoms with Gasteiger partial charge in [-0.05, 0) is 47.7 Å². The van der Waals surface area contributed by atoms with Crippen LogP contribution in [0.4, 0.5) is 5.69 Å². The first kappa shape index (κ1) is 12.3. The first-order chi connectivity index (χ1) is 9.69. The van der Waals surface area contributed by atoms with Crippen LogP contribution in [0.2, 0.25) is 0 Å². The van der Waals surface area contributed by atoms with Crippen molar-refractivity contribution < 1.29 is 0 Å². The van der Waals surface area contributed by atoms with Gasteiger partial charge >= 0.3 is 0 Å². The zero-order chi connectivity index (χ0) is 14.1. The molecule has 0 unspecified atom stereocenters. The molecule has 20 heavy (non-hydrogen) atoms. The van der Waals surface area contributed by atoms with Crippen LogP contribution in [0.1, 0.15) is 16.7 Å². The van der Waals surface area contributed by atoms with Crippen LogP contribution in [-0.4, -0.2) is 4.57 Å². The van der Waals surface area contributed by atoms with E-state index in [4.69, 9.17) is 11.0 Å². The molecule has 0 atom stereocenters. The summed E-state index contributed by atoms with van der Waals surface area (Å²) in [6, 6.07) is 16.0. The fourth-order valence-electron chi connectivity index (χ4n) is 2.45. The number of fused-ring (bicyclic) bond motifs is 1. The highest BCUT2D eigenvalue weighted by atomic mass is 14.9. The molecule has 0 saturated carbocycles. The van der Waals surface area contributed by atoms with E-state index in [2.05, 4.69) is 29.0 Å². The first-order valence-corrected chi connectivity index (χ1v) is 6.52. The zero-order valence-corrected chi connectivity index (χ0v) is 11.3. The Kier molecular flexibility index (Phi) is 2.92. The van der Waals surface area contributed by atoms with Gasteiger partial charge in [0.1, 0.15) is 0 Å². The topological polar surface area (TPSA) is 54.7 Å². The van der Waals surface area contributed by atoms with Gasteiger partial charge in [-0.1, -0.05) is 18.2 Å². The fourth-order valence-corrected chi connectivity index (χ4v) is 2.45. The van der Waals surface area contributed by atoms with Crippen LogP contribution in [0.5, 0.6) is 0 Å². The Labute approximate surface area is 117 Å². The van der Waals surface area contributed by atoms with Crippen LogP contribution < -0.4 is 5.73 Å². The minimum absolute atomic E-state index is 0.682. The summed E-state index contributed by atoms with van der Waals surface area (Å²) in [5, 5.41) is 10.2. The van der Waals surface area contributed by atoms with Crippen LogP contribution in [0, 0.1) is 18.3 Å². The van der Waals surface area contributed by atoms with Crippen molar-refractivity contribution in [3.63, 3.8) is 0 Å². The van der Waals surface area contributed by atoms with Crippen molar-refractivity contribution in [2.45, 2.75) is 13.5 Å². The Morgan fingerprint density at radius 1 is 1.20 bits per heavy atom. The third kappa shape index (κ3) is 2.02. The number of nitrogens with zero attached hydrogens (tertiary/aromatic N) is 2. The Balaban J connectivity index is 2.07. The first-order valence-electron chi connectivity index (χ1n) is 6.52. The van der Waals surface area contributed by atoms with Crippen molar-refractivity contribution in [3.8, 4) is 6.07 Å². The van der Waals surface area contributed by atoms with E-state index >= 15 is 0 Å². The van der Waals surface area contributed by atoms with Crippen molar-refractivity contribution in [1.29, 1.82) is 5.26 Å². The highest BCUT2D eigenvalue weighted by Crippen LogP contribution is 2.21. The molecule has 0 saturated heterocycles. The SMILES string of the molecule is Cc1c(N)cccc1Cn1ccc2ccc(C#N)cc21. The average molecular weight is 261 g/mol. The van der Waals surface area contributed by atoms with Crippen molar-refractivity contribution in [3.05, 3.63) is 65.4 Å². The molecule has 1 aromatic heterocycles. The largest absolute Gasteiger partial charge is 0.399 e. The van der Waals surface area contributed by atoms with Gasteiger partial charge in [0, 0.05) is 23.9 Å². The van der Waals surface area contributed by atoms with Crippen LogP contribution in [0.15, 0.2) is 48.7 Å². The number of nitriles is 1. The van der Waals surface area contributed by atoms with Gasteiger partial charge in [0.2, 0.25) is 0 Å². The number of anilines is 1. The molecule has 98 valence electrons. The Morgan fingerprint density at radius 2 is 2.05 bits per heavy atom. The summed E-state index contributed by atoms with van der Waals surface area (Å²) in [5.74, 6) is 0. The Hall–Kier alpha value is -2.73. The van der Waals surface area contributed by atoms with Crippen LogP contribution in [0.25, 0.3) is 10.9 Å². The molecular formula is C17H15N3. The molecule has 3 nitrogen and oxygen atoms in total. The summed E-state index contributed by atoms with van der Waals surface area (Å²) in [4.78, 5) is 0. The number of hydrogen-bond donors (Lipinski definition) is 1. The Bertz CT molecular complexity index is 822. The quantitative estimate of drug-likeness (QED) is 0.718.